The van der Waals surface area contributed by atoms with E-state index in [1.54, 1.807) is 0 Å². The summed E-state index contributed by atoms with van der Waals surface area (Å²) in [4.78, 5) is 9.14. The number of nitrogens with zero attached hydrogens (tertiary/aromatic N) is 2. The molecule has 0 aliphatic rings. The third-order valence-electron chi connectivity index (χ3n) is 7.07. The summed E-state index contributed by atoms with van der Waals surface area (Å²) in [5.74, 6) is 7.14. The average Bonchev–Trinajstić information content (AvgIpc) is 3.40. The van der Waals surface area contributed by atoms with Crippen LogP contribution in [-0.4, -0.2) is 23.2 Å². The second-order valence-corrected chi connectivity index (χ2v) is 21.6. The van der Waals surface area contributed by atoms with Crippen LogP contribution in [0.2, 0.25) is 17.3 Å². The standard InChI is InChI=1S/C23H14NO.C14H16GeN.Ir/c1-3-8-16(9-4-1)18-12-7-13-19-20-15-24-21(14-22(20)25-23(18)19)17-10-5-2-6-11-17;1-15(2,3)13-9-10-14(16-11-13)12-7-5-4-6-8-12;/h1-10,12-15H;4-7,9-11H,1-3H3;/q2*-1;. The van der Waals surface area contributed by atoms with Gasteiger partial charge in [0.1, 0.15) is 11.2 Å². The largest absolute Gasteiger partial charge is 0.456 e. The molecule has 0 spiro atoms. The van der Waals surface area contributed by atoms with Gasteiger partial charge in [-0.3, -0.25) is 0 Å². The Balaban J connectivity index is 0.000000181. The summed E-state index contributed by atoms with van der Waals surface area (Å²) in [6.07, 6.45) is 3.93. The van der Waals surface area contributed by atoms with Gasteiger partial charge in [0.2, 0.25) is 0 Å². The molecule has 0 aliphatic carbocycles. The van der Waals surface area contributed by atoms with E-state index in [9.17, 15) is 0 Å². The van der Waals surface area contributed by atoms with E-state index >= 15 is 0 Å². The van der Waals surface area contributed by atoms with Gasteiger partial charge in [0.05, 0.1) is 0 Å². The molecular formula is C37H30GeIrN2O-2. The first-order valence-electron chi connectivity index (χ1n) is 13.7. The van der Waals surface area contributed by atoms with Crippen molar-refractivity contribution in [3.8, 4) is 33.6 Å². The molecule has 7 rings (SSSR count). The van der Waals surface area contributed by atoms with Crippen molar-refractivity contribution in [3.63, 3.8) is 0 Å². The van der Waals surface area contributed by atoms with Gasteiger partial charge in [0.15, 0.2) is 0 Å². The van der Waals surface area contributed by atoms with E-state index in [-0.39, 0.29) is 20.1 Å². The van der Waals surface area contributed by atoms with Gasteiger partial charge in [0, 0.05) is 42.6 Å². The van der Waals surface area contributed by atoms with Gasteiger partial charge in [-0.2, -0.15) is 0 Å². The molecular weight excluding hydrogens is 753 g/mol. The van der Waals surface area contributed by atoms with Crippen molar-refractivity contribution in [2.45, 2.75) is 17.3 Å². The van der Waals surface area contributed by atoms with Gasteiger partial charge in [-0.15, -0.1) is 35.9 Å². The van der Waals surface area contributed by atoms with E-state index in [2.05, 4.69) is 81.8 Å². The number of benzene rings is 4. The zero-order valence-corrected chi connectivity index (χ0v) is 28.3. The molecule has 209 valence electrons. The Hall–Kier alpha value is -3.83. The number of hydrogen-bond acceptors (Lipinski definition) is 3. The summed E-state index contributed by atoms with van der Waals surface area (Å²) in [5, 5.41) is 2.12. The van der Waals surface area contributed by atoms with E-state index in [1.165, 1.54) is 4.40 Å². The first-order chi connectivity index (χ1) is 20.0. The monoisotopic (exact) mass is 785 g/mol. The minimum absolute atomic E-state index is 0. The second kappa shape index (κ2) is 13.0. The molecule has 3 aromatic heterocycles. The fourth-order valence-corrected chi connectivity index (χ4v) is 6.96. The van der Waals surface area contributed by atoms with Gasteiger partial charge in [-0.05, 0) is 17.3 Å². The van der Waals surface area contributed by atoms with Crippen LogP contribution in [0, 0.1) is 12.1 Å². The van der Waals surface area contributed by atoms with Gasteiger partial charge in [0.25, 0.3) is 0 Å². The summed E-state index contributed by atoms with van der Waals surface area (Å²) in [6, 6.07) is 45.1. The Kier molecular flexibility index (Phi) is 9.18. The second-order valence-electron chi connectivity index (χ2n) is 11.0. The van der Waals surface area contributed by atoms with Crippen LogP contribution in [0.1, 0.15) is 0 Å². The van der Waals surface area contributed by atoms with E-state index < -0.39 is 13.3 Å². The minimum Gasteiger partial charge on any atom is -0.456 e. The zero-order chi connectivity index (χ0) is 28.2. The Bertz CT molecular complexity index is 1900. The predicted octanol–water partition coefficient (Wildman–Crippen LogP) is 9.21. The normalized spacial score (nSPS) is 11.0. The Morgan fingerprint density at radius 2 is 1.29 bits per heavy atom. The third kappa shape index (κ3) is 6.47. The van der Waals surface area contributed by atoms with Crippen molar-refractivity contribution in [2.75, 3.05) is 0 Å². The van der Waals surface area contributed by atoms with Crippen LogP contribution in [0.15, 0.2) is 132 Å². The van der Waals surface area contributed by atoms with Crippen molar-refractivity contribution < 1.29 is 24.5 Å². The average molecular weight is 783 g/mol. The number of pyridine rings is 2. The molecule has 5 heteroatoms. The molecule has 42 heavy (non-hydrogen) atoms. The number of fused-ring (bicyclic) bond motifs is 3. The number of aromatic nitrogens is 2. The molecule has 0 atom stereocenters. The quantitative estimate of drug-likeness (QED) is 0.132. The van der Waals surface area contributed by atoms with Crippen LogP contribution in [0.25, 0.3) is 55.6 Å². The maximum atomic E-state index is 6.25. The van der Waals surface area contributed by atoms with Crippen LogP contribution in [0.5, 0.6) is 0 Å². The molecule has 3 nitrogen and oxygen atoms in total. The molecule has 7 aromatic rings. The maximum Gasteiger partial charge on any atom is 0.143 e. The topological polar surface area (TPSA) is 38.9 Å². The Labute approximate surface area is 263 Å². The van der Waals surface area contributed by atoms with Crippen LogP contribution < -0.4 is 4.40 Å². The molecule has 0 bridgehead atoms. The fourth-order valence-electron chi connectivity index (χ4n) is 4.79. The molecule has 0 amide bonds. The molecule has 0 fully saturated rings. The molecule has 0 N–H and O–H groups in total. The van der Waals surface area contributed by atoms with Gasteiger partial charge >= 0.3 is 99.8 Å². The van der Waals surface area contributed by atoms with Crippen LogP contribution in [-0.2, 0) is 20.1 Å². The summed E-state index contributed by atoms with van der Waals surface area (Å²) >= 11 is -1.72. The van der Waals surface area contributed by atoms with E-state index in [1.807, 2.05) is 85.2 Å². The van der Waals surface area contributed by atoms with E-state index in [0.717, 1.165) is 55.6 Å². The SMILES string of the molecule is [CH3][Ge]([CH3])([CH3])[c]1ccc(-c2[c-]cccc2)nc1.[Ir].[c-]1ccccc1-c1cc2oc3c(-c4ccccc4)cccc3c2cn1. The van der Waals surface area contributed by atoms with E-state index in [4.69, 9.17) is 4.42 Å². The molecule has 0 unspecified atom stereocenters. The van der Waals surface area contributed by atoms with Crippen molar-refractivity contribution in [3.05, 3.63) is 140 Å². The number of furan rings is 1. The van der Waals surface area contributed by atoms with Crippen molar-refractivity contribution >= 4 is 39.6 Å². The number of para-hydroxylation sites is 1. The molecule has 0 aliphatic heterocycles. The minimum atomic E-state index is -1.72. The van der Waals surface area contributed by atoms with Gasteiger partial charge < -0.3 is 9.40 Å². The van der Waals surface area contributed by atoms with Crippen LogP contribution >= 0.6 is 0 Å². The predicted molar refractivity (Wildman–Crippen MR) is 173 cm³/mol. The summed E-state index contributed by atoms with van der Waals surface area (Å²) in [5.41, 5.74) is 7.91. The van der Waals surface area contributed by atoms with Gasteiger partial charge in [-0.25, -0.2) is 0 Å². The van der Waals surface area contributed by atoms with Crippen molar-refractivity contribution in [1.82, 2.24) is 9.97 Å². The molecule has 4 aromatic carbocycles. The third-order valence-corrected chi connectivity index (χ3v) is 11.3. The summed E-state index contributed by atoms with van der Waals surface area (Å²) in [6.45, 7) is 0. The Morgan fingerprint density at radius 3 is 1.90 bits per heavy atom. The first kappa shape index (κ1) is 29.7. The fraction of sp³-hybridized carbons (Fsp3) is 0.0811. The van der Waals surface area contributed by atoms with Crippen molar-refractivity contribution in [2.24, 2.45) is 0 Å². The summed E-state index contributed by atoms with van der Waals surface area (Å²) < 4.78 is 7.69. The first-order valence-corrected chi connectivity index (χ1v) is 21.1. The van der Waals surface area contributed by atoms with E-state index in [0.29, 0.717) is 0 Å². The summed E-state index contributed by atoms with van der Waals surface area (Å²) in [7, 11) is 0. The number of hydrogen-bond donors (Lipinski definition) is 0. The molecule has 3 heterocycles. The Morgan fingerprint density at radius 1 is 0.619 bits per heavy atom. The zero-order valence-electron chi connectivity index (χ0n) is 23.8. The smallest absolute Gasteiger partial charge is 0.143 e. The molecule has 1 radical (unpaired) electrons. The molecule has 0 saturated carbocycles. The van der Waals surface area contributed by atoms with Crippen molar-refractivity contribution in [1.29, 1.82) is 0 Å². The van der Waals surface area contributed by atoms with Crippen LogP contribution in [0.4, 0.5) is 0 Å². The maximum absolute atomic E-state index is 6.25. The molecule has 0 saturated heterocycles. The number of rotatable bonds is 4. The van der Waals surface area contributed by atoms with Crippen LogP contribution in [0.3, 0.4) is 0 Å². The van der Waals surface area contributed by atoms with Gasteiger partial charge in [-0.1, -0.05) is 48.5 Å².